The predicted molar refractivity (Wildman–Crippen MR) is 143 cm³/mol. The Kier molecular flexibility index (Phi) is 6.41. The van der Waals surface area contributed by atoms with Crippen LogP contribution in [0, 0.1) is 22.7 Å². The molecule has 2 saturated carbocycles. The fraction of sp³-hybridized carbons (Fsp3) is 0.469. The third-order valence-corrected chi connectivity index (χ3v) is 9.90. The molecule has 0 unspecified atom stereocenters. The first-order valence-electron chi connectivity index (χ1n) is 14.0. The second-order valence-corrected chi connectivity index (χ2v) is 11.6. The first kappa shape index (κ1) is 27.4. The molecule has 0 aromatic heterocycles. The molecule has 42 heavy (non-hydrogen) atoms. The lowest BCUT2D eigenvalue weighted by atomic mass is 9.44. The molecule has 7 rings (SSSR count). The quantitative estimate of drug-likeness (QED) is 0.376. The van der Waals surface area contributed by atoms with Crippen LogP contribution in [0.3, 0.4) is 0 Å². The van der Waals surface area contributed by atoms with Crippen LogP contribution in [-0.4, -0.2) is 69.3 Å². The van der Waals surface area contributed by atoms with Gasteiger partial charge in [0.1, 0.15) is 11.5 Å². The molecule has 1 spiro atoms. The smallest absolute Gasteiger partial charge is 0.367 e. The highest BCUT2D eigenvalue weighted by Gasteiger charge is 2.84. The van der Waals surface area contributed by atoms with Crippen LogP contribution in [0.5, 0.6) is 0 Å². The number of carbonyl (C=O) groups is 3. The summed E-state index contributed by atoms with van der Waals surface area (Å²) in [5.74, 6) is -5.64. The second-order valence-electron chi connectivity index (χ2n) is 11.6. The minimum absolute atomic E-state index is 0.000626. The number of esters is 2. The third kappa shape index (κ3) is 3.47. The minimum Gasteiger partial charge on any atom is -0.468 e. The SMILES string of the molecule is C=C1C(=O)[C@@H]2OC[C@]3(C(=O)OC)[C@H]4C[C@H](O[C@@H](c5ccccc5)O4)[C@@]4(CO[C@](OCc5ccccc5)(C(=O)OC)[C@@H]14)[C@@H]23. The number of hydrogen-bond donors (Lipinski definition) is 0. The second kappa shape index (κ2) is 9.82. The van der Waals surface area contributed by atoms with Crippen LogP contribution in [0.15, 0.2) is 72.8 Å². The molecule has 5 aliphatic rings. The van der Waals surface area contributed by atoms with Gasteiger partial charge in [0.15, 0.2) is 12.1 Å². The number of methoxy groups -OCH3 is 2. The van der Waals surface area contributed by atoms with Crippen LogP contribution in [0.2, 0.25) is 0 Å². The normalized spacial score (nSPS) is 39.8. The summed E-state index contributed by atoms with van der Waals surface area (Å²) >= 11 is 0. The fourth-order valence-corrected chi connectivity index (χ4v) is 8.20. The topological polar surface area (TPSA) is 116 Å². The maximum Gasteiger partial charge on any atom is 0.367 e. The van der Waals surface area contributed by atoms with Gasteiger partial charge in [-0.1, -0.05) is 67.2 Å². The molecular formula is C32H32O10. The highest BCUT2D eigenvalue weighted by atomic mass is 16.7. The Balaban J connectivity index is 1.41. The van der Waals surface area contributed by atoms with Crippen molar-refractivity contribution in [1.82, 2.24) is 0 Å². The molecule has 0 N–H and O–H groups in total. The van der Waals surface area contributed by atoms with E-state index in [1.165, 1.54) is 14.2 Å². The first-order chi connectivity index (χ1) is 20.3. The van der Waals surface area contributed by atoms with Crippen LogP contribution in [-0.2, 0) is 54.1 Å². The van der Waals surface area contributed by atoms with Crippen molar-refractivity contribution in [2.75, 3.05) is 27.4 Å². The lowest BCUT2D eigenvalue weighted by Gasteiger charge is -2.62. The van der Waals surface area contributed by atoms with Crippen molar-refractivity contribution in [3.63, 3.8) is 0 Å². The molecule has 0 amide bonds. The van der Waals surface area contributed by atoms with Crippen molar-refractivity contribution in [3.05, 3.63) is 83.9 Å². The van der Waals surface area contributed by atoms with Crippen LogP contribution < -0.4 is 0 Å². The molecule has 2 bridgehead atoms. The van der Waals surface area contributed by atoms with Gasteiger partial charge in [0, 0.05) is 28.9 Å². The van der Waals surface area contributed by atoms with E-state index in [-0.39, 0.29) is 31.8 Å². The van der Waals surface area contributed by atoms with Gasteiger partial charge in [-0.05, 0) is 5.56 Å². The van der Waals surface area contributed by atoms with Crippen molar-refractivity contribution in [2.45, 2.75) is 43.4 Å². The molecule has 9 atom stereocenters. The van der Waals surface area contributed by atoms with Gasteiger partial charge >= 0.3 is 11.9 Å². The summed E-state index contributed by atoms with van der Waals surface area (Å²) in [6.07, 6.45) is -2.87. The van der Waals surface area contributed by atoms with E-state index >= 15 is 0 Å². The number of carbonyl (C=O) groups excluding carboxylic acids is 3. The summed E-state index contributed by atoms with van der Waals surface area (Å²) in [7, 11) is 2.55. The number of ketones is 1. The number of benzene rings is 2. The highest BCUT2D eigenvalue weighted by Crippen LogP contribution is 2.71. The van der Waals surface area contributed by atoms with E-state index in [0.29, 0.717) is 0 Å². The van der Waals surface area contributed by atoms with Crippen molar-refractivity contribution in [2.24, 2.45) is 22.7 Å². The summed E-state index contributed by atoms with van der Waals surface area (Å²) in [5, 5.41) is 0. The molecule has 220 valence electrons. The summed E-state index contributed by atoms with van der Waals surface area (Å²) in [4.78, 5) is 41.6. The molecule has 5 fully saturated rings. The van der Waals surface area contributed by atoms with E-state index in [9.17, 15) is 14.4 Å². The Morgan fingerprint density at radius 1 is 0.929 bits per heavy atom. The van der Waals surface area contributed by atoms with Crippen molar-refractivity contribution >= 4 is 17.7 Å². The van der Waals surface area contributed by atoms with Crippen LogP contribution in [0.4, 0.5) is 0 Å². The monoisotopic (exact) mass is 576 g/mol. The van der Waals surface area contributed by atoms with E-state index in [2.05, 4.69) is 6.58 Å². The average Bonchev–Trinajstić information content (AvgIpc) is 3.62. The standard InChI is InChI=1S/C32H32O10/c1-18-23(33)24-26-30(17-40-32(25(18)30,29(35)37-3)39-15-19-10-6-4-7-11-19)21-14-22(31(26,16-38-24)28(34)36-2)42-27(41-21)20-12-8-5-9-13-20/h4-13,21-22,24-27H,1,14-17H2,2-3H3/t21-,22+,24-,25-,26+,27+,30+,31-,32-/m0/s1. The van der Waals surface area contributed by atoms with Crippen LogP contribution in [0.25, 0.3) is 0 Å². The fourth-order valence-electron chi connectivity index (χ4n) is 8.20. The van der Waals surface area contributed by atoms with Gasteiger partial charge < -0.3 is 33.2 Å². The van der Waals surface area contributed by atoms with Crippen molar-refractivity contribution in [3.8, 4) is 0 Å². The maximum atomic E-state index is 14.0. The predicted octanol–water partition coefficient (Wildman–Crippen LogP) is 2.91. The number of hydrogen-bond acceptors (Lipinski definition) is 10. The van der Waals surface area contributed by atoms with E-state index < -0.39 is 70.8 Å². The number of rotatable bonds is 6. The number of Topliss-reactive ketones (excluding diaryl/α,β-unsaturated/α-hetero) is 1. The third-order valence-electron chi connectivity index (χ3n) is 9.90. The zero-order valence-corrected chi connectivity index (χ0v) is 23.4. The molecule has 3 saturated heterocycles. The molecule has 2 aromatic carbocycles. The van der Waals surface area contributed by atoms with E-state index in [1.807, 2.05) is 60.7 Å². The van der Waals surface area contributed by atoms with Gasteiger partial charge in [0.25, 0.3) is 5.79 Å². The maximum absolute atomic E-state index is 14.0. The van der Waals surface area contributed by atoms with Gasteiger partial charge in [-0.2, -0.15) is 0 Å². The summed E-state index contributed by atoms with van der Waals surface area (Å²) < 4.78 is 42.8. The molecule has 3 heterocycles. The Morgan fingerprint density at radius 2 is 1.60 bits per heavy atom. The molecule has 2 aliphatic carbocycles. The Labute approximate surface area is 242 Å². The Hall–Kier alpha value is -3.41. The minimum atomic E-state index is -2.02. The summed E-state index contributed by atoms with van der Waals surface area (Å²) in [6, 6.07) is 18.7. The van der Waals surface area contributed by atoms with Gasteiger partial charge in [0.05, 0.1) is 52.2 Å². The molecule has 10 nitrogen and oxygen atoms in total. The lowest BCUT2D eigenvalue weighted by Crippen LogP contribution is -2.73. The van der Waals surface area contributed by atoms with E-state index in [0.717, 1.165) is 11.1 Å². The van der Waals surface area contributed by atoms with E-state index in [1.54, 1.807) is 0 Å². The van der Waals surface area contributed by atoms with Gasteiger partial charge in [-0.15, -0.1) is 0 Å². The zero-order valence-electron chi connectivity index (χ0n) is 23.4. The molecule has 10 heteroatoms. The van der Waals surface area contributed by atoms with E-state index in [4.69, 9.17) is 33.2 Å². The van der Waals surface area contributed by atoms with Crippen molar-refractivity contribution < 1.29 is 47.5 Å². The first-order valence-corrected chi connectivity index (χ1v) is 14.0. The number of fused-ring (bicyclic) bond motifs is 3. The number of ether oxygens (including phenoxy) is 7. The molecule has 0 radical (unpaired) electrons. The lowest BCUT2D eigenvalue weighted by molar-refractivity contribution is -0.336. The summed E-state index contributed by atoms with van der Waals surface area (Å²) in [6.45, 7) is 4.01. The molecular weight excluding hydrogens is 544 g/mol. The zero-order chi connectivity index (χ0) is 29.3. The van der Waals surface area contributed by atoms with Gasteiger partial charge in [-0.25, -0.2) is 4.79 Å². The molecule has 2 aromatic rings. The van der Waals surface area contributed by atoms with Crippen LogP contribution >= 0.6 is 0 Å². The Bertz CT molecular complexity index is 1430. The van der Waals surface area contributed by atoms with Gasteiger partial charge in [0.2, 0.25) is 0 Å². The Morgan fingerprint density at radius 3 is 2.29 bits per heavy atom. The molecule has 3 aliphatic heterocycles. The average molecular weight is 577 g/mol. The summed E-state index contributed by atoms with van der Waals surface area (Å²) in [5.41, 5.74) is -0.843. The largest absolute Gasteiger partial charge is 0.468 e. The van der Waals surface area contributed by atoms with Crippen molar-refractivity contribution in [1.29, 1.82) is 0 Å². The van der Waals surface area contributed by atoms with Gasteiger partial charge in [-0.3, -0.25) is 9.59 Å². The van der Waals surface area contributed by atoms with Crippen LogP contribution in [0.1, 0.15) is 23.8 Å². The highest BCUT2D eigenvalue weighted by molar-refractivity contribution is 6.03.